The van der Waals surface area contributed by atoms with Crippen molar-refractivity contribution < 1.29 is 9.13 Å². The Bertz CT molecular complexity index is 709. The lowest BCUT2D eigenvalue weighted by Gasteiger charge is -2.15. The smallest absolute Gasteiger partial charge is 0.191 e. The maximum Gasteiger partial charge on any atom is 0.191 e. The Kier molecular flexibility index (Phi) is 10.7. The number of hydrogen-bond donors (Lipinski definition) is 2. The molecule has 0 aliphatic rings. The van der Waals surface area contributed by atoms with Crippen molar-refractivity contribution in [3.63, 3.8) is 0 Å². The number of ether oxygens (including phenoxy) is 1. The summed E-state index contributed by atoms with van der Waals surface area (Å²) in [5.74, 6) is 1.53. The maximum atomic E-state index is 13.6. The largest absolute Gasteiger partial charge is 0.486 e. The second-order valence-electron chi connectivity index (χ2n) is 5.80. The molecule has 0 spiro atoms. The van der Waals surface area contributed by atoms with Gasteiger partial charge in [-0.05, 0) is 26.0 Å². The number of aryl methyl sites for hydroxylation is 1. The summed E-state index contributed by atoms with van der Waals surface area (Å²) in [5, 5.41) is 14.5. The maximum absolute atomic E-state index is 13.6. The summed E-state index contributed by atoms with van der Waals surface area (Å²) in [6.45, 7) is 8.53. The van der Waals surface area contributed by atoms with E-state index in [0.717, 1.165) is 25.3 Å². The monoisotopic (exact) mass is 490 g/mol. The summed E-state index contributed by atoms with van der Waals surface area (Å²) in [4.78, 5) is 4.51. The summed E-state index contributed by atoms with van der Waals surface area (Å²) < 4.78 is 21.3. The molecule has 1 heterocycles. The molecule has 0 saturated heterocycles. The zero-order valence-corrected chi connectivity index (χ0v) is 18.3. The standard InChI is InChI=1S/C18H27FN6O.HI/c1-4-17-24-23-13-25(17)11-10-21-18(20-5-2)22-12-14(3)26-16-9-7-6-8-15(16)19;/h6-9,13-14H,4-5,10-12H2,1-3H3,(H2,20,21,22);1H. The van der Waals surface area contributed by atoms with E-state index < -0.39 is 0 Å². The molecule has 0 aliphatic heterocycles. The number of aliphatic imine (C=N–C) groups is 1. The van der Waals surface area contributed by atoms with Gasteiger partial charge < -0.3 is 19.9 Å². The van der Waals surface area contributed by atoms with Gasteiger partial charge in [0, 0.05) is 26.1 Å². The molecule has 150 valence electrons. The third kappa shape index (κ3) is 7.69. The molecule has 27 heavy (non-hydrogen) atoms. The Hall–Kier alpha value is -1.91. The molecular formula is C18H28FIN6O. The molecule has 1 atom stereocenters. The highest BCUT2D eigenvalue weighted by molar-refractivity contribution is 14.0. The van der Waals surface area contributed by atoms with Crippen LogP contribution in [0.5, 0.6) is 5.75 Å². The van der Waals surface area contributed by atoms with Gasteiger partial charge in [-0.1, -0.05) is 19.1 Å². The summed E-state index contributed by atoms with van der Waals surface area (Å²) in [5.41, 5.74) is 0. The molecule has 0 radical (unpaired) electrons. The molecule has 0 fully saturated rings. The highest BCUT2D eigenvalue weighted by atomic mass is 127. The highest BCUT2D eigenvalue weighted by Gasteiger charge is 2.08. The van der Waals surface area contributed by atoms with Crippen LogP contribution in [-0.4, -0.2) is 46.5 Å². The number of halogens is 2. The molecule has 0 bridgehead atoms. The van der Waals surface area contributed by atoms with Crippen molar-refractivity contribution in [2.24, 2.45) is 4.99 Å². The predicted octanol–water partition coefficient (Wildman–Crippen LogP) is 2.62. The van der Waals surface area contributed by atoms with Crippen molar-refractivity contribution in [1.29, 1.82) is 0 Å². The average molecular weight is 490 g/mol. The molecule has 1 aromatic carbocycles. The summed E-state index contributed by atoms with van der Waals surface area (Å²) in [6.07, 6.45) is 2.33. The highest BCUT2D eigenvalue weighted by Crippen LogP contribution is 2.16. The van der Waals surface area contributed by atoms with E-state index >= 15 is 0 Å². The first kappa shape index (κ1) is 23.1. The predicted molar refractivity (Wildman–Crippen MR) is 115 cm³/mol. The van der Waals surface area contributed by atoms with Crippen LogP contribution in [0, 0.1) is 5.82 Å². The molecular weight excluding hydrogens is 462 g/mol. The zero-order chi connectivity index (χ0) is 18.8. The van der Waals surface area contributed by atoms with E-state index in [1.807, 2.05) is 18.4 Å². The SMILES string of the molecule is CCNC(=NCC(C)Oc1ccccc1F)NCCn1cnnc1CC.I. The Labute approximate surface area is 176 Å². The molecule has 0 saturated carbocycles. The van der Waals surface area contributed by atoms with Crippen LogP contribution in [0.25, 0.3) is 0 Å². The molecule has 0 aliphatic carbocycles. The second kappa shape index (κ2) is 12.5. The Morgan fingerprint density at radius 2 is 2.07 bits per heavy atom. The van der Waals surface area contributed by atoms with E-state index in [4.69, 9.17) is 4.74 Å². The van der Waals surface area contributed by atoms with Gasteiger partial charge in [-0.15, -0.1) is 34.2 Å². The molecule has 1 aromatic heterocycles. The second-order valence-corrected chi connectivity index (χ2v) is 5.80. The fourth-order valence-electron chi connectivity index (χ4n) is 2.39. The fourth-order valence-corrected chi connectivity index (χ4v) is 2.39. The first-order chi connectivity index (χ1) is 12.6. The first-order valence-corrected chi connectivity index (χ1v) is 8.94. The van der Waals surface area contributed by atoms with Crippen molar-refractivity contribution >= 4 is 29.9 Å². The van der Waals surface area contributed by atoms with Gasteiger partial charge in [-0.2, -0.15) is 0 Å². The van der Waals surface area contributed by atoms with E-state index in [1.165, 1.54) is 6.07 Å². The molecule has 7 nitrogen and oxygen atoms in total. The van der Waals surface area contributed by atoms with Gasteiger partial charge in [0.15, 0.2) is 17.5 Å². The van der Waals surface area contributed by atoms with Crippen LogP contribution in [0.1, 0.15) is 26.6 Å². The Balaban J connectivity index is 0.00000364. The van der Waals surface area contributed by atoms with Crippen molar-refractivity contribution in [3.8, 4) is 5.75 Å². The molecule has 9 heteroatoms. The van der Waals surface area contributed by atoms with E-state index in [1.54, 1.807) is 24.5 Å². The molecule has 2 N–H and O–H groups in total. The third-order valence-corrected chi connectivity index (χ3v) is 3.67. The minimum absolute atomic E-state index is 0. The van der Waals surface area contributed by atoms with E-state index in [2.05, 4.69) is 32.7 Å². The fraction of sp³-hybridized carbons (Fsp3) is 0.500. The Morgan fingerprint density at radius 1 is 1.30 bits per heavy atom. The number of hydrogen-bond acceptors (Lipinski definition) is 4. The molecule has 2 aromatic rings. The minimum Gasteiger partial charge on any atom is -0.486 e. The number of nitrogens with one attached hydrogen (secondary N) is 2. The van der Waals surface area contributed by atoms with Crippen LogP contribution in [0.2, 0.25) is 0 Å². The lowest BCUT2D eigenvalue weighted by atomic mass is 10.3. The third-order valence-electron chi connectivity index (χ3n) is 3.67. The number of aromatic nitrogens is 3. The van der Waals surface area contributed by atoms with Crippen LogP contribution in [0.3, 0.4) is 0 Å². The van der Waals surface area contributed by atoms with Gasteiger partial charge in [0.25, 0.3) is 0 Å². The van der Waals surface area contributed by atoms with Crippen LogP contribution >= 0.6 is 24.0 Å². The van der Waals surface area contributed by atoms with Crippen LogP contribution < -0.4 is 15.4 Å². The lowest BCUT2D eigenvalue weighted by molar-refractivity contribution is 0.220. The number of nitrogens with zero attached hydrogens (tertiary/aromatic N) is 4. The van der Waals surface area contributed by atoms with E-state index in [0.29, 0.717) is 19.0 Å². The van der Waals surface area contributed by atoms with Crippen LogP contribution in [0.4, 0.5) is 4.39 Å². The minimum atomic E-state index is -0.367. The van der Waals surface area contributed by atoms with E-state index in [-0.39, 0.29) is 41.6 Å². The van der Waals surface area contributed by atoms with Gasteiger partial charge >= 0.3 is 0 Å². The van der Waals surface area contributed by atoms with Crippen molar-refractivity contribution in [2.45, 2.75) is 39.8 Å². The number of guanidine groups is 1. The van der Waals surface area contributed by atoms with Crippen molar-refractivity contribution in [2.75, 3.05) is 19.6 Å². The van der Waals surface area contributed by atoms with E-state index in [9.17, 15) is 4.39 Å². The number of rotatable bonds is 9. The van der Waals surface area contributed by atoms with Gasteiger partial charge in [-0.3, -0.25) is 0 Å². The molecule has 2 rings (SSSR count). The number of benzene rings is 1. The zero-order valence-electron chi connectivity index (χ0n) is 16.0. The first-order valence-electron chi connectivity index (χ1n) is 8.94. The number of para-hydroxylation sites is 1. The van der Waals surface area contributed by atoms with Crippen LogP contribution in [0.15, 0.2) is 35.6 Å². The van der Waals surface area contributed by atoms with Crippen molar-refractivity contribution in [1.82, 2.24) is 25.4 Å². The van der Waals surface area contributed by atoms with Crippen molar-refractivity contribution in [3.05, 3.63) is 42.2 Å². The lowest BCUT2D eigenvalue weighted by Crippen LogP contribution is -2.39. The Morgan fingerprint density at radius 3 is 2.78 bits per heavy atom. The summed E-state index contributed by atoms with van der Waals surface area (Å²) in [7, 11) is 0. The van der Waals surface area contributed by atoms with Gasteiger partial charge in [0.1, 0.15) is 18.3 Å². The van der Waals surface area contributed by atoms with Gasteiger partial charge in [0.05, 0.1) is 6.54 Å². The van der Waals surface area contributed by atoms with Gasteiger partial charge in [0.2, 0.25) is 0 Å². The topological polar surface area (TPSA) is 76.4 Å². The van der Waals surface area contributed by atoms with Crippen LogP contribution in [-0.2, 0) is 13.0 Å². The quantitative estimate of drug-likeness (QED) is 0.321. The molecule has 0 amide bonds. The summed E-state index contributed by atoms with van der Waals surface area (Å²) in [6, 6.07) is 6.38. The summed E-state index contributed by atoms with van der Waals surface area (Å²) >= 11 is 0. The average Bonchev–Trinajstić information content (AvgIpc) is 3.09. The normalized spacial score (nSPS) is 12.2. The molecule has 1 unspecified atom stereocenters. The van der Waals surface area contributed by atoms with Gasteiger partial charge in [-0.25, -0.2) is 9.38 Å².